The van der Waals surface area contributed by atoms with Crippen LogP contribution in [0.15, 0.2) is 46.9 Å². The van der Waals surface area contributed by atoms with Gasteiger partial charge in [-0.3, -0.25) is 4.79 Å². The molecular formula is C17H15ClN2O2. The second-order valence-electron chi connectivity index (χ2n) is 5.05. The number of halogens is 1. The minimum Gasteiger partial charge on any atom is -0.441 e. The topological polar surface area (TPSA) is 55.1 Å². The van der Waals surface area contributed by atoms with E-state index >= 15 is 0 Å². The van der Waals surface area contributed by atoms with Crippen LogP contribution >= 0.6 is 11.6 Å². The van der Waals surface area contributed by atoms with Crippen molar-refractivity contribution < 1.29 is 9.21 Å². The third-order valence-electron chi connectivity index (χ3n) is 3.34. The molecule has 0 fully saturated rings. The molecule has 112 valence electrons. The van der Waals surface area contributed by atoms with Crippen LogP contribution in [0.2, 0.25) is 5.02 Å². The number of aryl methyl sites for hydroxylation is 1. The van der Waals surface area contributed by atoms with E-state index in [4.69, 9.17) is 16.0 Å². The summed E-state index contributed by atoms with van der Waals surface area (Å²) in [6.45, 7) is 2.37. The third-order valence-corrected chi connectivity index (χ3v) is 3.58. The summed E-state index contributed by atoms with van der Waals surface area (Å²) < 4.78 is 5.44. The molecule has 0 aliphatic rings. The van der Waals surface area contributed by atoms with Gasteiger partial charge in [0.15, 0.2) is 11.5 Å². The summed E-state index contributed by atoms with van der Waals surface area (Å²) in [5.41, 5.74) is 3.29. The van der Waals surface area contributed by atoms with Crippen LogP contribution in [0.5, 0.6) is 0 Å². The van der Waals surface area contributed by atoms with Gasteiger partial charge in [-0.15, -0.1) is 0 Å². The van der Waals surface area contributed by atoms with Crippen LogP contribution in [0.3, 0.4) is 0 Å². The Bertz CT molecular complexity index is 826. The van der Waals surface area contributed by atoms with Gasteiger partial charge in [-0.2, -0.15) is 0 Å². The minimum absolute atomic E-state index is 0.124. The molecule has 1 N–H and O–H groups in total. The quantitative estimate of drug-likeness (QED) is 0.797. The first-order valence-electron chi connectivity index (χ1n) is 7.02. The molecule has 0 atom stereocenters. The lowest BCUT2D eigenvalue weighted by Gasteiger charge is -2.05. The zero-order valence-corrected chi connectivity index (χ0v) is 12.9. The molecule has 0 radical (unpaired) electrons. The fourth-order valence-corrected chi connectivity index (χ4v) is 2.49. The fraction of sp³-hybridized carbons (Fsp3) is 0.176. The number of benzene rings is 2. The Morgan fingerprint density at radius 1 is 1.27 bits per heavy atom. The highest BCUT2D eigenvalue weighted by Crippen LogP contribution is 2.17. The SMILES string of the molecule is Cc1nc2cc(CCNC(=O)c3cccc(Cl)c3)ccc2o1. The molecule has 0 spiro atoms. The number of oxazole rings is 1. The van der Waals surface area contributed by atoms with Crippen LogP contribution < -0.4 is 5.32 Å². The molecule has 4 nitrogen and oxygen atoms in total. The van der Waals surface area contributed by atoms with Crippen molar-refractivity contribution in [2.75, 3.05) is 6.54 Å². The number of fused-ring (bicyclic) bond motifs is 1. The van der Waals surface area contributed by atoms with Crippen molar-refractivity contribution >= 4 is 28.6 Å². The van der Waals surface area contributed by atoms with Gasteiger partial charge in [0, 0.05) is 24.1 Å². The molecule has 22 heavy (non-hydrogen) atoms. The van der Waals surface area contributed by atoms with Crippen LogP contribution in [-0.4, -0.2) is 17.4 Å². The predicted octanol–water partition coefficient (Wildman–Crippen LogP) is 3.76. The van der Waals surface area contributed by atoms with Gasteiger partial charge >= 0.3 is 0 Å². The monoisotopic (exact) mass is 314 g/mol. The lowest BCUT2D eigenvalue weighted by Crippen LogP contribution is -2.25. The minimum atomic E-state index is -0.124. The van der Waals surface area contributed by atoms with E-state index in [1.54, 1.807) is 24.3 Å². The van der Waals surface area contributed by atoms with Gasteiger partial charge in [0.1, 0.15) is 5.52 Å². The van der Waals surface area contributed by atoms with Crippen molar-refractivity contribution in [3.63, 3.8) is 0 Å². The van der Waals surface area contributed by atoms with E-state index in [1.165, 1.54) is 0 Å². The number of hydrogen-bond donors (Lipinski definition) is 1. The lowest BCUT2D eigenvalue weighted by atomic mass is 10.1. The smallest absolute Gasteiger partial charge is 0.251 e. The summed E-state index contributed by atoms with van der Waals surface area (Å²) in [6.07, 6.45) is 0.730. The molecule has 3 rings (SSSR count). The predicted molar refractivity (Wildman–Crippen MR) is 86.2 cm³/mol. The van der Waals surface area contributed by atoms with E-state index in [0.717, 1.165) is 23.1 Å². The zero-order valence-electron chi connectivity index (χ0n) is 12.1. The summed E-state index contributed by atoms with van der Waals surface area (Å²) in [6, 6.07) is 12.8. The van der Waals surface area contributed by atoms with Crippen LogP contribution in [-0.2, 0) is 6.42 Å². The van der Waals surface area contributed by atoms with Crippen molar-refractivity contribution in [2.45, 2.75) is 13.3 Å². The number of nitrogens with one attached hydrogen (secondary N) is 1. The molecular weight excluding hydrogens is 300 g/mol. The summed E-state index contributed by atoms with van der Waals surface area (Å²) in [5, 5.41) is 3.44. The molecule has 0 bridgehead atoms. The molecule has 0 saturated carbocycles. The number of carbonyl (C=O) groups excluding carboxylic acids is 1. The molecule has 0 aliphatic heterocycles. The molecule has 1 amide bonds. The second kappa shape index (κ2) is 6.20. The Morgan fingerprint density at radius 2 is 2.14 bits per heavy atom. The van der Waals surface area contributed by atoms with Gasteiger partial charge in [0.05, 0.1) is 0 Å². The summed E-state index contributed by atoms with van der Waals surface area (Å²) in [4.78, 5) is 16.3. The highest BCUT2D eigenvalue weighted by molar-refractivity contribution is 6.30. The fourth-order valence-electron chi connectivity index (χ4n) is 2.30. The van der Waals surface area contributed by atoms with E-state index in [-0.39, 0.29) is 5.91 Å². The van der Waals surface area contributed by atoms with Crippen molar-refractivity contribution in [2.24, 2.45) is 0 Å². The molecule has 2 aromatic carbocycles. The molecule has 3 aromatic rings. The summed E-state index contributed by atoms with van der Waals surface area (Å²) in [7, 11) is 0. The second-order valence-corrected chi connectivity index (χ2v) is 5.49. The summed E-state index contributed by atoms with van der Waals surface area (Å²) in [5.74, 6) is 0.530. The van der Waals surface area contributed by atoms with Gasteiger partial charge in [-0.25, -0.2) is 4.98 Å². The van der Waals surface area contributed by atoms with Crippen LogP contribution in [0, 0.1) is 6.92 Å². The number of aromatic nitrogens is 1. The van der Waals surface area contributed by atoms with E-state index < -0.39 is 0 Å². The Kier molecular flexibility index (Phi) is 4.11. The first-order chi connectivity index (χ1) is 10.6. The molecule has 1 heterocycles. The van der Waals surface area contributed by atoms with Gasteiger partial charge in [0.2, 0.25) is 0 Å². The van der Waals surface area contributed by atoms with E-state index in [1.807, 2.05) is 25.1 Å². The van der Waals surface area contributed by atoms with E-state index in [0.29, 0.717) is 23.0 Å². The van der Waals surface area contributed by atoms with Crippen LogP contribution in [0.25, 0.3) is 11.1 Å². The van der Waals surface area contributed by atoms with Gasteiger partial charge < -0.3 is 9.73 Å². The van der Waals surface area contributed by atoms with E-state index in [2.05, 4.69) is 10.3 Å². The van der Waals surface area contributed by atoms with Crippen molar-refractivity contribution in [3.8, 4) is 0 Å². The molecule has 5 heteroatoms. The highest BCUT2D eigenvalue weighted by Gasteiger charge is 2.06. The van der Waals surface area contributed by atoms with Crippen LogP contribution in [0.1, 0.15) is 21.8 Å². The maximum Gasteiger partial charge on any atom is 0.251 e. The van der Waals surface area contributed by atoms with E-state index in [9.17, 15) is 4.79 Å². The highest BCUT2D eigenvalue weighted by atomic mass is 35.5. The van der Waals surface area contributed by atoms with Gasteiger partial charge in [-0.1, -0.05) is 23.7 Å². The first kappa shape index (κ1) is 14.6. The van der Waals surface area contributed by atoms with Crippen LogP contribution in [0.4, 0.5) is 0 Å². The standard InChI is InChI=1S/C17H15ClN2O2/c1-11-20-15-9-12(5-6-16(15)22-11)7-8-19-17(21)13-3-2-4-14(18)10-13/h2-6,9-10H,7-8H2,1H3,(H,19,21). The number of carbonyl (C=O) groups is 1. The zero-order chi connectivity index (χ0) is 15.5. The maximum atomic E-state index is 12.0. The Morgan fingerprint density at radius 3 is 2.95 bits per heavy atom. The summed E-state index contributed by atoms with van der Waals surface area (Å²) >= 11 is 5.88. The Hall–Kier alpha value is -2.33. The van der Waals surface area contributed by atoms with Crippen molar-refractivity contribution in [3.05, 3.63) is 64.5 Å². The molecule has 0 aliphatic carbocycles. The number of hydrogen-bond acceptors (Lipinski definition) is 3. The van der Waals surface area contributed by atoms with Crippen molar-refractivity contribution in [1.29, 1.82) is 0 Å². The number of amides is 1. The lowest BCUT2D eigenvalue weighted by molar-refractivity contribution is 0.0954. The first-order valence-corrected chi connectivity index (χ1v) is 7.39. The molecule has 0 unspecified atom stereocenters. The normalized spacial score (nSPS) is 10.8. The largest absolute Gasteiger partial charge is 0.441 e. The molecule has 1 aromatic heterocycles. The third kappa shape index (κ3) is 3.28. The number of nitrogens with zero attached hydrogens (tertiary/aromatic N) is 1. The average Bonchev–Trinajstić information content (AvgIpc) is 2.86. The van der Waals surface area contributed by atoms with Gasteiger partial charge in [0.25, 0.3) is 5.91 Å². The Balaban J connectivity index is 1.60. The molecule has 0 saturated heterocycles. The van der Waals surface area contributed by atoms with Crippen molar-refractivity contribution in [1.82, 2.24) is 10.3 Å². The maximum absolute atomic E-state index is 12.0. The van der Waals surface area contributed by atoms with Gasteiger partial charge in [-0.05, 0) is 42.3 Å². The Labute approximate surface area is 133 Å². The average molecular weight is 315 g/mol. The number of rotatable bonds is 4.